The van der Waals surface area contributed by atoms with Gasteiger partial charge in [0.15, 0.2) is 11.8 Å². The van der Waals surface area contributed by atoms with Gasteiger partial charge in [-0.25, -0.2) is 9.78 Å². The molecule has 3 aliphatic rings. The molecule has 1 aliphatic carbocycles. The number of rotatable bonds is 6. The van der Waals surface area contributed by atoms with Crippen molar-refractivity contribution in [3.63, 3.8) is 0 Å². The molecule has 38 heavy (non-hydrogen) atoms. The molecule has 1 fully saturated rings. The van der Waals surface area contributed by atoms with Crippen molar-refractivity contribution < 1.29 is 42.6 Å². The monoisotopic (exact) mass is 548 g/mol. The Morgan fingerprint density at radius 2 is 1.82 bits per heavy atom. The number of carbonyl (C=O) groups excluding carboxylic acids is 3. The minimum Gasteiger partial charge on any atom is -0.506 e. The SMILES string of the molecule is O=C1C(C2=NC(C(=O)O)C3C(=O)N(CCNc4ncc(C(F)(F)F)cc4Cl)C(=O)C23)=C(O)c2ccccc21. The highest BCUT2D eigenvalue weighted by Crippen LogP contribution is 2.43. The third kappa shape index (κ3) is 3.90. The van der Waals surface area contributed by atoms with Crippen LogP contribution in [0.2, 0.25) is 5.02 Å². The number of likely N-dealkylation sites (tertiary alicyclic amines) is 1. The fraction of sp³-hybridized carbons (Fsp3) is 0.250. The van der Waals surface area contributed by atoms with Crippen LogP contribution >= 0.6 is 11.6 Å². The smallest absolute Gasteiger partial charge is 0.417 e. The fourth-order valence-corrected chi connectivity index (χ4v) is 5.06. The largest absolute Gasteiger partial charge is 0.506 e. The summed E-state index contributed by atoms with van der Waals surface area (Å²) in [6, 6.07) is 5.11. The number of benzene rings is 1. The first-order chi connectivity index (χ1) is 17.9. The highest BCUT2D eigenvalue weighted by molar-refractivity contribution is 6.40. The number of hydrogen-bond donors (Lipinski definition) is 3. The Morgan fingerprint density at radius 3 is 2.42 bits per heavy atom. The van der Waals surface area contributed by atoms with Crippen molar-refractivity contribution in [2.24, 2.45) is 16.8 Å². The first-order valence-electron chi connectivity index (χ1n) is 11.1. The number of carbonyl (C=O) groups is 4. The normalized spacial score (nSPS) is 22.6. The molecule has 10 nitrogen and oxygen atoms in total. The molecule has 2 aliphatic heterocycles. The van der Waals surface area contributed by atoms with E-state index in [4.69, 9.17) is 11.6 Å². The van der Waals surface area contributed by atoms with E-state index >= 15 is 0 Å². The number of imide groups is 1. The molecule has 0 bridgehead atoms. The first-order valence-corrected chi connectivity index (χ1v) is 11.5. The molecule has 5 rings (SSSR count). The average Bonchev–Trinajstić information content (AvgIpc) is 3.45. The van der Waals surface area contributed by atoms with Crippen LogP contribution in [0.4, 0.5) is 19.0 Å². The summed E-state index contributed by atoms with van der Waals surface area (Å²) in [6.45, 7) is -0.472. The van der Waals surface area contributed by atoms with Crippen molar-refractivity contribution in [2.45, 2.75) is 12.2 Å². The number of aliphatic carboxylic acids is 1. The fourth-order valence-electron chi connectivity index (χ4n) is 4.83. The van der Waals surface area contributed by atoms with Gasteiger partial charge in [0.2, 0.25) is 11.8 Å². The van der Waals surface area contributed by atoms with Gasteiger partial charge in [-0.1, -0.05) is 35.9 Å². The summed E-state index contributed by atoms with van der Waals surface area (Å²) in [5.41, 5.74) is -1.31. The molecule has 1 saturated heterocycles. The second-order valence-electron chi connectivity index (χ2n) is 8.71. The number of Topliss-reactive ketones (excluding diaryl/α,β-unsaturated/α-hetero) is 1. The van der Waals surface area contributed by atoms with E-state index in [1.54, 1.807) is 12.1 Å². The number of nitrogens with one attached hydrogen (secondary N) is 1. The molecule has 3 N–H and O–H groups in total. The van der Waals surface area contributed by atoms with Gasteiger partial charge in [0, 0.05) is 30.4 Å². The van der Waals surface area contributed by atoms with E-state index in [-0.39, 0.29) is 46.3 Å². The topological polar surface area (TPSA) is 149 Å². The van der Waals surface area contributed by atoms with Crippen molar-refractivity contribution in [1.82, 2.24) is 9.88 Å². The minimum absolute atomic E-state index is 0.117. The predicted molar refractivity (Wildman–Crippen MR) is 126 cm³/mol. The van der Waals surface area contributed by atoms with Crippen LogP contribution in [0.15, 0.2) is 47.1 Å². The number of halogens is 4. The summed E-state index contributed by atoms with van der Waals surface area (Å²) in [6.07, 6.45) is -4.07. The molecule has 0 spiro atoms. The number of ketones is 1. The molecule has 0 saturated carbocycles. The maximum atomic E-state index is 13.3. The number of carboxylic acids is 1. The number of nitrogens with zero attached hydrogens (tertiary/aromatic N) is 3. The molecule has 2 amide bonds. The molecular weight excluding hydrogens is 533 g/mol. The summed E-state index contributed by atoms with van der Waals surface area (Å²) in [5.74, 6) is -7.22. The molecule has 196 valence electrons. The van der Waals surface area contributed by atoms with Gasteiger partial charge < -0.3 is 15.5 Å². The third-order valence-corrected chi connectivity index (χ3v) is 6.84. The van der Waals surface area contributed by atoms with Gasteiger partial charge in [-0.15, -0.1) is 0 Å². The maximum Gasteiger partial charge on any atom is 0.417 e. The molecular formula is C24H16ClF3N4O6. The zero-order valence-corrected chi connectivity index (χ0v) is 19.7. The lowest BCUT2D eigenvalue weighted by Crippen LogP contribution is -2.38. The number of aromatic nitrogens is 1. The molecule has 3 unspecified atom stereocenters. The lowest BCUT2D eigenvalue weighted by molar-refractivity contribution is -0.145. The summed E-state index contributed by atoms with van der Waals surface area (Å²) in [5, 5.41) is 22.7. The number of alkyl halides is 3. The lowest BCUT2D eigenvalue weighted by Gasteiger charge is -2.18. The Hall–Kier alpha value is -4.26. The lowest BCUT2D eigenvalue weighted by atomic mass is 9.85. The number of amides is 2. The molecule has 3 heterocycles. The van der Waals surface area contributed by atoms with Gasteiger partial charge in [-0.2, -0.15) is 13.2 Å². The Kier molecular flexibility index (Phi) is 5.97. The van der Waals surface area contributed by atoms with Gasteiger partial charge in [0.05, 0.1) is 33.7 Å². The number of fused-ring (bicyclic) bond motifs is 2. The first kappa shape index (κ1) is 25.4. The predicted octanol–water partition coefficient (Wildman–Crippen LogP) is 2.84. The number of hydrogen-bond acceptors (Lipinski definition) is 8. The van der Waals surface area contributed by atoms with Crippen molar-refractivity contribution in [3.05, 3.63) is 63.8 Å². The number of carboxylic acid groups (broad SMARTS) is 1. The van der Waals surface area contributed by atoms with Crippen molar-refractivity contribution >= 4 is 52.5 Å². The van der Waals surface area contributed by atoms with Crippen LogP contribution in [0.3, 0.4) is 0 Å². The maximum absolute atomic E-state index is 13.3. The molecule has 0 radical (unpaired) electrons. The quantitative estimate of drug-likeness (QED) is 0.467. The van der Waals surface area contributed by atoms with Gasteiger partial charge in [-0.3, -0.25) is 24.3 Å². The summed E-state index contributed by atoms with van der Waals surface area (Å²) < 4.78 is 38.5. The van der Waals surface area contributed by atoms with Crippen LogP contribution in [-0.2, 0) is 20.6 Å². The number of aliphatic hydroxyl groups is 1. The van der Waals surface area contributed by atoms with Crippen LogP contribution in [0.25, 0.3) is 5.76 Å². The standard InChI is InChI=1S/C24H16ClF3N4O6/c25-12-7-9(24(26,27)28)8-30-20(12)29-5-6-32-21(35)13-14(22(32)36)17(23(37)38)31-16(13)15-18(33)10-3-1-2-4-11(10)19(15)34/h1-4,7-8,13-14,17,33H,5-6H2,(H,29,30)(H,37,38). The number of anilines is 1. The summed E-state index contributed by atoms with van der Waals surface area (Å²) in [7, 11) is 0. The van der Waals surface area contributed by atoms with Crippen LogP contribution in [0.1, 0.15) is 21.5 Å². The third-order valence-electron chi connectivity index (χ3n) is 6.55. The summed E-state index contributed by atoms with van der Waals surface area (Å²) in [4.78, 5) is 59.8. The second kappa shape index (κ2) is 8.94. The van der Waals surface area contributed by atoms with Gasteiger partial charge in [-0.05, 0) is 6.07 Å². The Balaban J connectivity index is 1.38. The van der Waals surface area contributed by atoms with Crippen LogP contribution in [0, 0.1) is 11.8 Å². The summed E-state index contributed by atoms with van der Waals surface area (Å²) >= 11 is 5.86. The van der Waals surface area contributed by atoms with E-state index in [1.165, 1.54) is 12.1 Å². The Morgan fingerprint density at radius 1 is 1.13 bits per heavy atom. The number of allylic oxidation sites excluding steroid dienone is 1. The Labute approximate surface area is 216 Å². The minimum atomic E-state index is -4.65. The van der Waals surface area contributed by atoms with E-state index in [0.717, 1.165) is 4.90 Å². The van der Waals surface area contributed by atoms with E-state index in [1.807, 2.05) is 0 Å². The molecule has 1 aromatic heterocycles. The van der Waals surface area contributed by atoms with E-state index < -0.39 is 58.9 Å². The van der Waals surface area contributed by atoms with E-state index in [9.17, 15) is 42.6 Å². The van der Waals surface area contributed by atoms with Crippen molar-refractivity contribution in [1.29, 1.82) is 0 Å². The molecule has 14 heteroatoms. The van der Waals surface area contributed by atoms with Crippen molar-refractivity contribution in [2.75, 3.05) is 18.4 Å². The Bertz CT molecular complexity index is 1490. The molecule has 3 atom stereocenters. The molecule has 1 aromatic carbocycles. The van der Waals surface area contributed by atoms with Gasteiger partial charge in [0.25, 0.3) is 0 Å². The highest BCUT2D eigenvalue weighted by atomic mass is 35.5. The average molecular weight is 549 g/mol. The van der Waals surface area contributed by atoms with Gasteiger partial charge >= 0.3 is 12.1 Å². The zero-order chi connectivity index (χ0) is 27.5. The zero-order valence-electron chi connectivity index (χ0n) is 19.0. The van der Waals surface area contributed by atoms with Crippen molar-refractivity contribution in [3.8, 4) is 0 Å². The van der Waals surface area contributed by atoms with E-state index in [2.05, 4.69) is 15.3 Å². The number of aliphatic imine (C=N–C) groups is 1. The second-order valence-corrected chi connectivity index (χ2v) is 9.11. The molecule has 2 aromatic rings. The van der Waals surface area contributed by atoms with Crippen LogP contribution in [-0.4, -0.2) is 68.5 Å². The number of aliphatic hydroxyl groups excluding tert-OH is 1. The van der Waals surface area contributed by atoms with E-state index in [0.29, 0.717) is 12.3 Å². The number of pyridine rings is 1. The highest BCUT2D eigenvalue weighted by Gasteiger charge is 2.60. The van der Waals surface area contributed by atoms with Crippen LogP contribution < -0.4 is 5.32 Å². The van der Waals surface area contributed by atoms with Gasteiger partial charge in [0.1, 0.15) is 11.6 Å². The van der Waals surface area contributed by atoms with Crippen LogP contribution in [0.5, 0.6) is 0 Å².